The highest BCUT2D eigenvalue weighted by Gasteiger charge is 2.66. The summed E-state index contributed by atoms with van der Waals surface area (Å²) in [6.45, 7) is 2.12. The summed E-state index contributed by atoms with van der Waals surface area (Å²) < 4.78 is 5.60. The fourth-order valence-corrected chi connectivity index (χ4v) is 5.70. The van der Waals surface area contributed by atoms with Crippen LogP contribution in [0.2, 0.25) is 0 Å². The first-order valence-electron chi connectivity index (χ1n) is 9.82. The third-order valence-corrected chi connectivity index (χ3v) is 7.19. The maximum absolute atomic E-state index is 13.7. The molecule has 3 aliphatic rings. The van der Waals surface area contributed by atoms with Gasteiger partial charge in [0.15, 0.2) is 0 Å². The zero-order chi connectivity index (χ0) is 18.5. The number of rotatable bonds is 3. The van der Waals surface area contributed by atoms with E-state index in [-0.39, 0.29) is 24.1 Å². The van der Waals surface area contributed by atoms with Gasteiger partial charge in [-0.1, -0.05) is 25.1 Å². The predicted octanol–water partition coefficient (Wildman–Crippen LogP) is 2.30. The van der Waals surface area contributed by atoms with Crippen LogP contribution in [0.25, 0.3) is 0 Å². The molecule has 1 heterocycles. The number of amides is 1. The van der Waals surface area contributed by atoms with Gasteiger partial charge in [-0.05, 0) is 55.2 Å². The van der Waals surface area contributed by atoms with Crippen LogP contribution in [0.3, 0.4) is 0 Å². The molecule has 142 valence electrons. The van der Waals surface area contributed by atoms with Gasteiger partial charge in [-0.15, -0.1) is 0 Å². The average Bonchev–Trinajstić information content (AvgIpc) is 3.09. The number of hydrogen-bond acceptors (Lipinski definition) is 4. The van der Waals surface area contributed by atoms with E-state index >= 15 is 0 Å². The van der Waals surface area contributed by atoms with Gasteiger partial charge in [0.2, 0.25) is 5.91 Å². The number of nitrogens with one attached hydrogen (secondary N) is 1. The summed E-state index contributed by atoms with van der Waals surface area (Å²) in [6, 6.07) is 6.17. The monoisotopic (exact) mass is 358 g/mol. The fourth-order valence-electron chi connectivity index (χ4n) is 5.70. The predicted molar refractivity (Wildman–Crippen MR) is 99.4 cm³/mol. The van der Waals surface area contributed by atoms with E-state index in [0.717, 1.165) is 49.7 Å². The smallest absolute Gasteiger partial charge is 0.249 e. The number of ether oxygens (including phenoxy) is 1. The molecule has 2 spiro atoms. The SMILES string of the molecule is CCC1NC2(C(=O)N1C)c1cc(CO)ccc1CC21CCC(OC)CC1. The van der Waals surface area contributed by atoms with E-state index < -0.39 is 5.54 Å². The Bertz CT molecular complexity index is 711. The molecule has 26 heavy (non-hydrogen) atoms. The second-order valence-corrected chi connectivity index (χ2v) is 8.28. The summed E-state index contributed by atoms with van der Waals surface area (Å²) >= 11 is 0. The molecule has 2 N–H and O–H groups in total. The summed E-state index contributed by atoms with van der Waals surface area (Å²) in [5.41, 5.74) is 2.45. The van der Waals surface area contributed by atoms with Crippen molar-refractivity contribution in [1.29, 1.82) is 0 Å². The van der Waals surface area contributed by atoms with E-state index in [9.17, 15) is 9.90 Å². The molecule has 1 saturated carbocycles. The molecule has 0 aromatic heterocycles. The Hall–Kier alpha value is -1.43. The van der Waals surface area contributed by atoms with Crippen molar-refractivity contribution in [1.82, 2.24) is 10.2 Å². The molecule has 2 fully saturated rings. The van der Waals surface area contributed by atoms with Crippen LogP contribution in [0.4, 0.5) is 0 Å². The van der Waals surface area contributed by atoms with Crippen LogP contribution in [0.5, 0.6) is 0 Å². The Labute approximate surface area is 155 Å². The lowest BCUT2D eigenvalue weighted by molar-refractivity contribution is -0.138. The van der Waals surface area contributed by atoms with Gasteiger partial charge in [0.1, 0.15) is 5.54 Å². The zero-order valence-electron chi connectivity index (χ0n) is 16.0. The van der Waals surface area contributed by atoms with Gasteiger partial charge in [0.25, 0.3) is 0 Å². The second-order valence-electron chi connectivity index (χ2n) is 8.28. The third-order valence-electron chi connectivity index (χ3n) is 7.19. The van der Waals surface area contributed by atoms with E-state index in [4.69, 9.17) is 4.74 Å². The minimum atomic E-state index is -0.665. The minimum absolute atomic E-state index is 0.00332. The molecule has 0 radical (unpaired) electrons. The molecule has 2 aliphatic carbocycles. The van der Waals surface area contributed by atoms with Crippen LogP contribution in [0.1, 0.15) is 55.7 Å². The average molecular weight is 358 g/mol. The molecule has 1 aromatic rings. The Kier molecular flexibility index (Phi) is 4.37. The number of hydrogen-bond donors (Lipinski definition) is 2. The van der Waals surface area contributed by atoms with Crippen LogP contribution in [0.15, 0.2) is 18.2 Å². The topological polar surface area (TPSA) is 61.8 Å². The summed E-state index contributed by atoms with van der Waals surface area (Å²) in [4.78, 5) is 15.5. The summed E-state index contributed by atoms with van der Waals surface area (Å²) in [7, 11) is 3.70. The van der Waals surface area contributed by atoms with Crippen LogP contribution < -0.4 is 5.32 Å². The van der Waals surface area contributed by atoms with Crippen molar-refractivity contribution in [2.75, 3.05) is 14.2 Å². The molecule has 5 heteroatoms. The largest absolute Gasteiger partial charge is 0.392 e. The lowest BCUT2D eigenvalue weighted by Gasteiger charge is -2.47. The van der Waals surface area contributed by atoms with Crippen molar-refractivity contribution < 1.29 is 14.6 Å². The van der Waals surface area contributed by atoms with Gasteiger partial charge in [-0.2, -0.15) is 0 Å². The Morgan fingerprint density at radius 2 is 2.08 bits per heavy atom. The first-order valence-corrected chi connectivity index (χ1v) is 9.82. The van der Waals surface area contributed by atoms with Crippen LogP contribution in [-0.4, -0.2) is 42.3 Å². The number of aliphatic hydroxyl groups is 1. The molecule has 1 aromatic carbocycles. The summed E-state index contributed by atoms with van der Waals surface area (Å²) in [6.07, 6.45) is 6.12. The normalized spacial score (nSPS) is 36.3. The maximum atomic E-state index is 13.7. The molecule has 0 bridgehead atoms. The van der Waals surface area contributed by atoms with E-state index in [1.807, 2.05) is 18.0 Å². The molecule has 1 saturated heterocycles. The molecule has 2 unspecified atom stereocenters. The first-order chi connectivity index (χ1) is 12.5. The number of benzene rings is 1. The Balaban J connectivity index is 1.85. The lowest BCUT2D eigenvalue weighted by Crippen LogP contribution is -2.57. The van der Waals surface area contributed by atoms with Crippen LogP contribution in [0, 0.1) is 5.41 Å². The Morgan fingerprint density at radius 3 is 2.65 bits per heavy atom. The van der Waals surface area contributed by atoms with Crippen molar-refractivity contribution >= 4 is 5.91 Å². The van der Waals surface area contributed by atoms with Crippen LogP contribution in [-0.2, 0) is 28.1 Å². The van der Waals surface area contributed by atoms with Crippen molar-refractivity contribution in [3.63, 3.8) is 0 Å². The molecule has 1 aliphatic heterocycles. The number of fused-ring (bicyclic) bond motifs is 3. The quantitative estimate of drug-likeness (QED) is 0.870. The Morgan fingerprint density at radius 1 is 1.35 bits per heavy atom. The first kappa shape index (κ1) is 18.0. The van der Waals surface area contributed by atoms with Crippen molar-refractivity contribution in [3.05, 3.63) is 34.9 Å². The lowest BCUT2D eigenvalue weighted by atomic mass is 9.61. The van der Waals surface area contributed by atoms with Gasteiger partial charge >= 0.3 is 0 Å². The highest BCUT2D eigenvalue weighted by molar-refractivity contribution is 5.92. The highest BCUT2D eigenvalue weighted by atomic mass is 16.5. The van der Waals surface area contributed by atoms with E-state index in [2.05, 4.69) is 24.4 Å². The summed E-state index contributed by atoms with van der Waals surface area (Å²) in [5.74, 6) is 0.189. The second kappa shape index (κ2) is 6.32. The van der Waals surface area contributed by atoms with Crippen molar-refractivity contribution in [2.24, 2.45) is 5.41 Å². The minimum Gasteiger partial charge on any atom is -0.392 e. The van der Waals surface area contributed by atoms with Gasteiger partial charge < -0.3 is 14.7 Å². The number of carbonyl (C=O) groups excluding carboxylic acids is 1. The zero-order valence-corrected chi connectivity index (χ0v) is 16.0. The van der Waals surface area contributed by atoms with E-state index in [0.29, 0.717) is 6.10 Å². The number of nitrogens with zero attached hydrogens (tertiary/aromatic N) is 1. The summed E-state index contributed by atoms with van der Waals surface area (Å²) in [5, 5.41) is 13.4. The molecule has 4 rings (SSSR count). The van der Waals surface area contributed by atoms with E-state index in [1.165, 1.54) is 5.56 Å². The molecule has 5 nitrogen and oxygen atoms in total. The van der Waals surface area contributed by atoms with Gasteiger partial charge in [0, 0.05) is 19.6 Å². The van der Waals surface area contributed by atoms with Gasteiger partial charge in [0.05, 0.1) is 18.9 Å². The van der Waals surface area contributed by atoms with E-state index in [1.54, 1.807) is 7.11 Å². The molecular weight excluding hydrogens is 328 g/mol. The number of likely N-dealkylation sites (N-methyl/N-ethyl adjacent to an activating group) is 1. The van der Waals surface area contributed by atoms with Crippen molar-refractivity contribution in [3.8, 4) is 0 Å². The van der Waals surface area contributed by atoms with Gasteiger partial charge in [-0.25, -0.2) is 0 Å². The molecule has 1 amide bonds. The van der Waals surface area contributed by atoms with Crippen molar-refractivity contribution in [2.45, 2.75) is 69.9 Å². The maximum Gasteiger partial charge on any atom is 0.249 e. The third kappa shape index (κ3) is 2.23. The van der Waals surface area contributed by atoms with Crippen LogP contribution >= 0.6 is 0 Å². The number of carbonyl (C=O) groups is 1. The highest BCUT2D eigenvalue weighted by Crippen LogP contribution is 2.60. The molecule has 2 atom stereocenters. The fraction of sp³-hybridized carbons (Fsp3) is 0.667. The number of aliphatic hydroxyl groups excluding tert-OH is 1. The number of methoxy groups -OCH3 is 1. The standard InChI is InChI=1S/C21H30N2O3/c1-4-18-22-21(19(25)23(18)2)17-11-14(13-24)5-6-15(17)12-20(21)9-7-16(26-3)8-10-20/h5-6,11,16,18,22,24H,4,7-10,12-13H2,1-3H3. The molecular formula is C21H30N2O3. The van der Waals surface area contributed by atoms with Gasteiger partial charge in [-0.3, -0.25) is 10.1 Å².